The van der Waals surface area contributed by atoms with Crippen LogP contribution in [0.15, 0.2) is 54.9 Å². The number of likely N-dealkylation sites (tertiary alicyclic amines) is 1. The molecule has 0 N–H and O–H groups in total. The van der Waals surface area contributed by atoms with Crippen molar-refractivity contribution >= 4 is 16.6 Å². The molecule has 2 aliphatic rings. The van der Waals surface area contributed by atoms with E-state index in [1.165, 1.54) is 35.2 Å². The van der Waals surface area contributed by atoms with E-state index in [1.54, 1.807) is 6.07 Å². The lowest BCUT2D eigenvalue weighted by Gasteiger charge is -2.41. The van der Waals surface area contributed by atoms with Crippen LogP contribution in [0, 0.1) is 5.95 Å². The Morgan fingerprint density at radius 2 is 1.85 bits per heavy atom. The number of hydrogen-bond acceptors (Lipinski definition) is 4. The molecule has 27 heavy (non-hydrogen) atoms. The number of piperazine rings is 1. The van der Waals surface area contributed by atoms with Crippen molar-refractivity contribution in [2.45, 2.75) is 31.3 Å². The van der Waals surface area contributed by atoms with Crippen LogP contribution in [-0.2, 0) is 6.42 Å². The second kappa shape index (κ2) is 6.89. The maximum absolute atomic E-state index is 13.5. The molecular formula is C22H23FN4. The highest BCUT2D eigenvalue weighted by molar-refractivity contribution is 5.81. The number of halogens is 1. The van der Waals surface area contributed by atoms with E-state index in [2.05, 4.69) is 44.0 Å². The van der Waals surface area contributed by atoms with Crippen molar-refractivity contribution in [3.63, 3.8) is 0 Å². The first-order valence-corrected chi connectivity index (χ1v) is 9.72. The first-order chi connectivity index (χ1) is 13.3. The fourth-order valence-corrected chi connectivity index (χ4v) is 4.67. The standard InChI is InChI=1S/C22H23FN4/c23-21-2-1-3-22(25-21)27-19-6-7-20(27)15-26(14-19)11-9-16-4-5-17-8-10-24-13-18(17)12-16/h1-5,8,10,12-13,19-20H,6-7,9,11,14-15H2. The molecule has 0 spiro atoms. The van der Waals surface area contributed by atoms with Crippen LogP contribution >= 0.6 is 0 Å². The number of aromatic nitrogens is 2. The summed E-state index contributed by atoms with van der Waals surface area (Å²) in [7, 11) is 0. The molecular weight excluding hydrogens is 339 g/mol. The molecule has 2 unspecified atom stereocenters. The third kappa shape index (κ3) is 3.28. The molecule has 2 atom stereocenters. The zero-order valence-electron chi connectivity index (χ0n) is 15.3. The molecule has 1 aromatic carbocycles. The van der Waals surface area contributed by atoms with Gasteiger partial charge in [-0.25, -0.2) is 4.98 Å². The molecule has 0 radical (unpaired) electrons. The Bertz CT molecular complexity index is 946. The number of nitrogens with zero attached hydrogens (tertiary/aromatic N) is 4. The highest BCUT2D eigenvalue weighted by Gasteiger charge is 2.40. The normalized spacial score (nSPS) is 22.5. The number of fused-ring (bicyclic) bond motifs is 3. The van der Waals surface area contributed by atoms with E-state index in [9.17, 15) is 4.39 Å². The van der Waals surface area contributed by atoms with E-state index in [1.807, 2.05) is 18.5 Å². The Balaban J connectivity index is 1.26. The Kier molecular flexibility index (Phi) is 4.24. The Morgan fingerprint density at radius 3 is 2.67 bits per heavy atom. The zero-order chi connectivity index (χ0) is 18.2. The molecule has 0 saturated carbocycles. The van der Waals surface area contributed by atoms with Crippen LogP contribution in [0.25, 0.3) is 10.8 Å². The molecule has 0 amide bonds. The van der Waals surface area contributed by atoms with Crippen LogP contribution in [0.2, 0.25) is 0 Å². The average molecular weight is 362 g/mol. The molecule has 0 aliphatic carbocycles. The molecule has 4 nitrogen and oxygen atoms in total. The first kappa shape index (κ1) is 16.6. The van der Waals surface area contributed by atoms with Crippen molar-refractivity contribution in [2.75, 3.05) is 24.5 Å². The van der Waals surface area contributed by atoms with Gasteiger partial charge in [-0.1, -0.05) is 18.2 Å². The van der Waals surface area contributed by atoms with Crippen LogP contribution in [0.1, 0.15) is 18.4 Å². The Morgan fingerprint density at radius 1 is 1.00 bits per heavy atom. The lowest BCUT2D eigenvalue weighted by Crippen LogP contribution is -2.54. The fourth-order valence-electron chi connectivity index (χ4n) is 4.67. The minimum atomic E-state index is -0.389. The average Bonchev–Trinajstić information content (AvgIpc) is 2.96. The largest absolute Gasteiger partial charge is 0.348 e. The maximum atomic E-state index is 13.5. The van der Waals surface area contributed by atoms with Gasteiger partial charge in [-0.05, 0) is 54.5 Å². The molecule has 3 aromatic rings. The van der Waals surface area contributed by atoms with Crippen molar-refractivity contribution in [1.29, 1.82) is 0 Å². The van der Waals surface area contributed by atoms with E-state index in [-0.39, 0.29) is 5.95 Å². The van der Waals surface area contributed by atoms with Gasteiger partial charge in [-0.15, -0.1) is 0 Å². The number of rotatable bonds is 4. The summed E-state index contributed by atoms with van der Waals surface area (Å²) < 4.78 is 13.5. The third-order valence-corrected chi connectivity index (χ3v) is 5.94. The van der Waals surface area contributed by atoms with E-state index in [0.29, 0.717) is 12.1 Å². The fraction of sp³-hybridized carbons (Fsp3) is 0.364. The van der Waals surface area contributed by atoms with Gasteiger partial charge >= 0.3 is 0 Å². The zero-order valence-corrected chi connectivity index (χ0v) is 15.3. The maximum Gasteiger partial charge on any atom is 0.214 e. The third-order valence-electron chi connectivity index (χ3n) is 5.94. The minimum Gasteiger partial charge on any atom is -0.348 e. The van der Waals surface area contributed by atoms with E-state index < -0.39 is 0 Å². The summed E-state index contributed by atoms with van der Waals surface area (Å²) in [5.41, 5.74) is 1.36. The number of anilines is 1. The smallest absolute Gasteiger partial charge is 0.214 e. The highest BCUT2D eigenvalue weighted by Crippen LogP contribution is 2.34. The predicted octanol–water partition coefficient (Wildman–Crippen LogP) is 3.66. The van der Waals surface area contributed by atoms with Gasteiger partial charge in [0, 0.05) is 49.5 Å². The van der Waals surface area contributed by atoms with Crippen LogP contribution < -0.4 is 4.90 Å². The van der Waals surface area contributed by atoms with Crippen molar-refractivity contribution in [2.24, 2.45) is 0 Å². The van der Waals surface area contributed by atoms with E-state index in [0.717, 1.165) is 31.9 Å². The number of hydrogen-bond donors (Lipinski definition) is 0. The molecule has 4 heterocycles. The van der Waals surface area contributed by atoms with Crippen molar-refractivity contribution in [3.05, 3.63) is 66.4 Å². The summed E-state index contributed by atoms with van der Waals surface area (Å²) in [6.07, 6.45) is 7.15. The summed E-state index contributed by atoms with van der Waals surface area (Å²) in [6, 6.07) is 14.7. The van der Waals surface area contributed by atoms with Crippen LogP contribution in [0.3, 0.4) is 0 Å². The van der Waals surface area contributed by atoms with E-state index in [4.69, 9.17) is 0 Å². The van der Waals surface area contributed by atoms with Gasteiger partial charge in [0.2, 0.25) is 5.95 Å². The van der Waals surface area contributed by atoms with Crippen molar-refractivity contribution < 1.29 is 4.39 Å². The van der Waals surface area contributed by atoms with Gasteiger partial charge in [0.15, 0.2) is 0 Å². The molecule has 2 fully saturated rings. The van der Waals surface area contributed by atoms with Gasteiger partial charge < -0.3 is 4.90 Å². The number of benzene rings is 1. The summed E-state index contributed by atoms with van der Waals surface area (Å²) >= 11 is 0. The lowest BCUT2D eigenvalue weighted by atomic mass is 10.1. The summed E-state index contributed by atoms with van der Waals surface area (Å²) in [5, 5.41) is 2.44. The Labute approximate surface area is 158 Å². The topological polar surface area (TPSA) is 32.3 Å². The molecule has 2 aliphatic heterocycles. The summed E-state index contributed by atoms with van der Waals surface area (Å²) in [6.45, 7) is 3.12. The quantitative estimate of drug-likeness (QED) is 0.663. The highest BCUT2D eigenvalue weighted by atomic mass is 19.1. The van der Waals surface area contributed by atoms with Crippen LogP contribution in [0.5, 0.6) is 0 Å². The Hall–Kier alpha value is -2.53. The number of pyridine rings is 2. The SMILES string of the molecule is Fc1cccc(N2C3CCC2CN(CCc2ccc4ccncc4c2)C3)n1. The van der Waals surface area contributed by atoms with Crippen LogP contribution in [-0.4, -0.2) is 46.6 Å². The predicted molar refractivity (Wildman–Crippen MR) is 105 cm³/mol. The molecule has 138 valence electrons. The monoisotopic (exact) mass is 362 g/mol. The second-order valence-corrected chi connectivity index (χ2v) is 7.68. The van der Waals surface area contributed by atoms with E-state index >= 15 is 0 Å². The minimum absolute atomic E-state index is 0.389. The van der Waals surface area contributed by atoms with Crippen molar-refractivity contribution in [1.82, 2.24) is 14.9 Å². The summed E-state index contributed by atoms with van der Waals surface area (Å²) in [4.78, 5) is 13.3. The summed E-state index contributed by atoms with van der Waals surface area (Å²) in [5.74, 6) is 0.407. The first-order valence-electron chi connectivity index (χ1n) is 9.72. The molecule has 5 rings (SSSR count). The second-order valence-electron chi connectivity index (χ2n) is 7.68. The molecule has 2 saturated heterocycles. The van der Waals surface area contributed by atoms with Gasteiger partial charge in [0.25, 0.3) is 0 Å². The van der Waals surface area contributed by atoms with Gasteiger partial charge in [0.05, 0.1) is 0 Å². The van der Waals surface area contributed by atoms with Gasteiger partial charge in [-0.3, -0.25) is 9.88 Å². The van der Waals surface area contributed by atoms with Gasteiger partial charge in [-0.2, -0.15) is 4.39 Å². The molecule has 2 aromatic heterocycles. The van der Waals surface area contributed by atoms with Crippen molar-refractivity contribution in [3.8, 4) is 0 Å². The molecule has 2 bridgehead atoms. The lowest BCUT2D eigenvalue weighted by molar-refractivity contribution is 0.221. The molecule has 5 heteroatoms. The van der Waals surface area contributed by atoms with Crippen LogP contribution in [0.4, 0.5) is 10.2 Å². The van der Waals surface area contributed by atoms with Gasteiger partial charge in [0.1, 0.15) is 5.82 Å².